The fraction of sp³-hybridized carbons (Fsp3) is 0.167. The Hall–Kier alpha value is -3.45. The number of rotatable bonds is 8. The molecule has 3 aromatic carbocycles. The number of hydrogen-bond donors (Lipinski definition) is 2. The van der Waals surface area contributed by atoms with Crippen LogP contribution < -0.4 is 10.6 Å². The molecule has 0 saturated carbocycles. The Morgan fingerprint density at radius 1 is 0.806 bits per heavy atom. The molecule has 0 heterocycles. The van der Waals surface area contributed by atoms with Crippen LogP contribution in [0.2, 0.25) is 0 Å². The van der Waals surface area contributed by atoms with Gasteiger partial charge in [0.05, 0.1) is 10.6 Å². The van der Waals surface area contributed by atoms with E-state index in [0.717, 1.165) is 6.42 Å². The summed E-state index contributed by atoms with van der Waals surface area (Å²) in [7, 11) is -3.51. The number of sulfone groups is 1. The van der Waals surface area contributed by atoms with E-state index in [9.17, 15) is 18.0 Å². The van der Waals surface area contributed by atoms with Crippen molar-refractivity contribution in [2.45, 2.75) is 24.0 Å². The summed E-state index contributed by atoms with van der Waals surface area (Å²) < 4.78 is 25.2. The van der Waals surface area contributed by atoms with Crippen LogP contribution in [0.4, 0.5) is 5.69 Å². The van der Waals surface area contributed by atoms with E-state index in [1.54, 1.807) is 78.9 Å². The van der Waals surface area contributed by atoms with Crippen LogP contribution in [-0.2, 0) is 15.6 Å². The van der Waals surface area contributed by atoms with Gasteiger partial charge in [0.15, 0.2) is 9.84 Å². The van der Waals surface area contributed by atoms with Crippen molar-refractivity contribution in [3.05, 3.63) is 95.6 Å². The van der Waals surface area contributed by atoms with E-state index in [1.165, 1.54) is 0 Å². The van der Waals surface area contributed by atoms with Gasteiger partial charge in [-0.15, -0.1) is 0 Å². The Labute approximate surface area is 182 Å². The quantitative estimate of drug-likeness (QED) is 0.557. The minimum atomic E-state index is -3.51. The molecule has 0 aromatic heterocycles. The van der Waals surface area contributed by atoms with Crippen molar-refractivity contribution in [3.8, 4) is 0 Å². The second-order valence-electron chi connectivity index (χ2n) is 7.06. The van der Waals surface area contributed by atoms with E-state index in [1.807, 2.05) is 6.92 Å². The molecule has 0 aliphatic rings. The first-order chi connectivity index (χ1) is 14.9. The van der Waals surface area contributed by atoms with Gasteiger partial charge in [-0.1, -0.05) is 43.3 Å². The molecule has 0 aliphatic carbocycles. The first-order valence-electron chi connectivity index (χ1n) is 9.95. The number of benzene rings is 3. The highest BCUT2D eigenvalue weighted by Gasteiger charge is 2.16. The maximum absolute atomic E-state index is 12.7. The summed E-state index contributed by atoms with van der Waals surface area (Å²) in [6.45, 7) is 2.55. The average Bonchev–Trinajstić information content (AvgIpc) is 2.78. The minimum Gasteiger partial charge on any atom is -0.352 e. The lowest BCUT2D eigenvalue weighted by Crippen LogP contribution is -2.24. The van der Waals surface area contributed by atoms with E-state index in [0.29, 0.717) is 28.9 Å². The molecule has 31 heavy (non-hydrogen) atoms. The van der Waals surface area contributed by atoms with Gasteiger partial charge < -0.3 is 10.6 Å². The molecule has 0 bridgehead atoms. The van der Waals surface area contributed by atoms with Gasteiger partial charge in [-0.25, -0.2) is 8.42 Å². The number of hydrogen-bond acceptors (Lipinski definition) is 4. The fourth-order valence-electron chi connectivity index (χ4n) is 3.01. The van der Waals surface area contributed by atoms with E-state index < -0.39 is 9.84 Å². The molecule has 0 radical (unpaired) electrons. The second kappa shape index (κ2) is 10.0. The van der Waals surface area contributed by atoms with Crippen molar-refractivity contribution in [1.82, 2.24) is 5.32 Å². The smallest absolute Gasteiger partial charge is 0.255 e. The van der Waals surface area contributed by atoms with Gasteiger partial charge in [-0.3, -0.25) is 9.59 Å². The largest absolute Gasteiger partial charge is 0.352 e. The van der Waals surface area contributed by atoms with Gasteiger partial charge in [-0.2, -0.15) is 0 Å². The van der Waals surface area contributed by atoms with Gasteiger partial charge in [0.1, 0.15) is 0 Å². The Morgan fingerprint density at radius 2 is 1.48 bits per heavy atom. The first kappa shape index (κ1) is 22.2. The highest BCUT2D eigenvalue weighted by Crippen LogP contribution is 2.18. The molecule has 160 valence electrons. The molecule has 3 aromatic rings. The molecule has 0 spiro atoms. The summed E-state index contributed by atoms with van der Waals surface area (Å²) in [6.07, 6.45) is 0.832. The maximum Gasteiger partial charge on any atom is 0.255 e. The second-order valence-corrected chi connectivity index (χ2v) is 9.05. The number of anilines is 1. The van der Waals surface area contributed by atoms with Gasteiger partial charge in [0.25, 0.3) is 11.8 Å². The van der Waals surface area contributed by atoms with Gasteiger partial charge >= 0.3 is 0 Å². The van der Waals surface area contributed by atoms with Crippen LogP contribution in [0.5, 0.6) is 0 Å². The summed E-state index contributed by atoms with van der Waals surface area (Å²) >= 11 is 0. The summed E-state index contributed by atoms with van der Waals surface area (Å²) in [5.41, 5.74) is 1.79. The van der Waals surface area contributed by atoms with E-state index in [-0.39, 0.29) is 22.5 Å². The number of amides is 2. The van der Waals surface area contributed by atoms with Crippen molar-refractivity contribution in [1.29, 1.82) is 0 Å². The normalized spacial score (nSPS) is 11.0. The van der Waals surface area contributed by atoms with E-state index in [4.69, 9.17) is 0 Å². The lowest BCUT2D eigenvalue weighted by Gasteiger charge is -2.09. The third-order valence-corrected chi connectivity index (χ3v) is 6.27. The maximum atomic E-state index is 12.7. The third-order valence-electron chi connectivity index (χ3n) is 4.57. The lowest BCUT2D eigenvalue weighted by atomic mass is 10.1. The van der Waals surface area contributed by atoms with Gasteiger partial charge in [-0.05, 0) is 54.4 Å². The van der Waals surface area contributed by atoms with Crippen LogP contribution in [0.25, 0.3) is 0 Å². The number of carbonyl (C=O) groups excluding carboxylic acids is 2. The SMILES string of the molecule is CCCNC(=O)c1cccc(NC(=O)c2cccc(CS(=O)(=O)c3ccccc3)c2)c1. The lowest BCUT2D eigenvalue weighted by molar-refractivity contribution is 0.0952. The molecule has 0 atom stereocenters. The zero-order valence-corrected chi connectivity index (χ0v) is 18.0. The molecule has 2 N–H and O–H groups in total. The minimum absolute atomic E-state index is 0.203. The predicted octanol–water partition coefficient (Wildman–Crippen LogP) is 4.05. The molecule has 0 fully saturated rings. The zero-order valence-electron chi connectivity index (χ0n) is 17.2. The van der Waals surface area contributed by atoms with Crippen molar-refractivity contribution in [2.24, 2.45) is 0 Å². The highest BCUT2D eigenvalue weighted by atomic mass is 32.2. The van der Waals surface area contributed by atoms with Crippen LogP contribution in [0.1, 0.15) is 39.6 Å². The monoisotopic (exact) mass is 436 g/mol. The van der Waals surface area contributed by atoms with Gasteiger partial charge in [0, 0.05) is 23.4 Å². The van der Waals surface area contributed by atoms with Crippen molar-refractivity contribution < 1.29 is 18.0 Å². The zero-order chi connectivity index (χ0) is 22.3. The van der Waals surface area contributed by atoms with Crippen LogP contribution in [0.15, 0.2) is 83.8 Å². The van der Waals surface area contributed by atoms with Crippen molar-refractivity contribution >= 4 is 27.3 Å². The van der Waals surface area contributed by atoms with E-state index in [2.05, 4.69) is 10.6 Å². The number of nitrogens with one attached hydrogen (secondary N) is 2. The summed E-state index contributed by atoms with van der Waals surface area (Å²) in [6, 6.07) is 21.4. The fourth-order valence-corrected chi connectivity index (χ4v) is 4.37. The molecule has 2 amide bonds. The molecule has 7 heteroatoms. The van der Waals surface area contributed by atoms with E-state index >= 15 is 0 Å². The Morgan fingerprint density at radius 3 is 2.19 bits per heavy atom. The van der Waals surface area contributed by atoms with Crippen molar-refractivity contribution in [3.63, 3.8) is 0 Å². The van der Waals surface area contributed by atoms with Crippen LogP contribution in [-0.4, -0.2) is 26.8 Å². The molecular weight excluding hydrogens is 412 g/mol. The summed E-state index contributed by atoms with van der Waals surface area (Å²) in [4.78, 5) is 25.1. The molecule has 6 nitrogen and oxygen atoms in total. The molecular formula is C24H24N2O4S. The first-order valence-corrected chi connectivity index (χ1v) is 11.6. The van der Waals surface area contributed by atoms with Crippen molar-refractivity contribution in [2.75, 3.05) is 11.9 Å². The molecule has 0 saturated heterocycles. The summed E-state index contributed by atoms with van der Waals surface area (Å²) in [5.74, 6) is -0.790. The predicted molar refractivity (Wildman–Crippen MR) is 121 cm³/mol. The molecule has 3 rings (SSSR count). The summed E-state index contributed by atoms with van der Waals surface area (Å²) in [5, 5.41) is 5.56. The van der Waals surface area contributed by atoms with Crippen LogP contribution in [0.3, 0.4) is 0 Å². The average molecular weight is 437 g/mol. The van der Waals surface area contributed by atoms with Crippen LogP contribution in [0, 0.1) is 0 Å². The Balaban J connectivity index is 1.73. The Kier molecular flexibility index (Phi) is 7.20. The topological polar surface area (TPSA) is 92.3 Å². The molecule has 0 aliphatic heterocycles. The highest BCUT2D eigenvalue weighted by molar-refractivity contribution is 7.90. The molecule has 0 unspecified atom stereocenters. The standard InChI is InChI=1S/C24H24N2O4S/c1-2-14-25-23(27)20-10-7-11-21(16-20)26-24(28)19-9-6-8-18(15-19)17-31(29,30)22-12-4-3-5-13-22/h3-13,15-16H,2,14,17H2,1H3,(H,25,27)(H,26,28). The third kappa shape index (κ3) is 6.02. The Bertz CT molecular complexity index is 1170. The van der Waals surface area contributed by atoms with Gasteiger partial charge in [0.2, 0.25) is 0 Å². The number of carbonyl (C=O) groups is 2. The van der Waals surface area contributed by atoms with Crippen LogP contribution >= 0.6 is 0 Å².